The van der Waals surface area contributed by atoms with Crippen LogP contribution in [0.25, 0.3) is 10.8 Å². The summed E-state index contributed by atoms with van der Waals surface area (Å²) in [5.41, 5.74) is 0.926. The van der Waals surface area contributed by atoms with Crippen molar-refractivity contribution < 1.29 is 23.5 Å². The fourth-order valence-electron chi connectivity index (χ4n) is 2.98. The van der Waals surface area contributed by atoms with Crippen LogP contribution in [-0.2, 0) is 14.3 Å². The summed E-state index contributed by atoms with van der Waals surface area (Å²) in [4.78, 5) is 37.9. The van der Waals surface area contributed by atoms with Gasteiger partial charge in [0.2, 0.25) is 0 Å². The number of anilines is 1. The van der Waals surface area contributed by atoms with Gasteiger partial charge in [0.25, 0.3) is 11.8 Å². The zero-order valence-corrected chi connectivity index (χ0v) is 16.4. The number of esters is 1. The normalized spacial score (nSPS) is 10.5. The van der Waals surface area contributed by atoms with E-state index < -0.39 is 30.2 Å². The van der Waals surface area contributed by atoms with Gasteiger partial charge in [-0.15, -0.1) is 0 Å². The third-order valence-electron chi connectivity index (χ3n) is 4.52. The molecule has 0 heterocycles. The highest BCUT2D eigenvalue weighted by atomic mass is 19.1. The average molecular weight is 408 g/mol. The summed E-state index contributed by atoms with van der Waals surface area (Å²) in [7, 11) is 0. The molecule has 0 atom stereocenters. The van der Waals surface area contributed by atoms with E-state index in [1.807, 2.05) is 30.3 Å². The molecule has 0 saturated heterocycles. The molecular weight excluding hydrogens is 387 g/mol. The number of carbonyl (C=O) groups is 3. The first-order chi connectivity index (χ1) is 14.5. The van der Waals surface area contributed by atoms with Crippen molar-refractivity contribution in [2.45, 2.75) is 6.92 Å². The van der Waals surface area contributed by atoms with Crippen molar-refractivity contribution in [3.05, 3.63) is 78.1 Å². The van der Waals surface area contributed by atoms with Gasteiger partial charge < -0.3 is 15.0 Å². The van der Waals surface area contributed by atoms with Crippen LogP contribution in [-0.4, -0.2) is 37.5 Å². The van der Waals surface area contributed by atoms with Crippen molar-refractivity contribution in [3.63, 3.8) is 0 Å². The van der Waals surface area contributed by atoms with Crippen LogP contribution >= 0.6 is 0 Å². The number of fused-ring (bicyclic) bond motifs is 1. The molecule has 3 aromatic rings. The minimum atomic E-state index is -0.729. The van der Waals surface area contributed by atoms with E-state index in [1.54, 1.807) is 19.1 Å². The Bertz CT molecular complexity index is 1070. The molecule has 0 bridgehead atoms. The first-order valence-corrected chi connectivity index (χ1v) is 9.46. The Morgan fingerprint density at radius 1 is 0.967 bits per heavy atom. The van der Waals surface area contributed by atoms with E-state index in [1.165, 1.54) is 29.2 Å². The van der Waals surface area contributed by atoms with E-state index >= 15 is 0 Å². The molecule has 0 aromatic heterocycles. The highest BCUT2D eigenvalue weighted by Gasteiger charge is 2.17. The monoisotopic (exact) mass is 408 g/mol. The molecule has 0 unspecified atom stereocenters. The lowest BCUT2D eigenvalue weighted by molar-refractivity contribution is -0.146. The number of benzene rings is 3. The lowest BCUT2D eigenvalue weighted by Gasteiger charge is -2.20. The molecule has 0 aliphatic rings. The smallest absolute Gasteiger partial charge is 0.325 e. The summed E-state index contributed by atoms with van der Waals surface area (Å²) in [5, 5.41) is 4.41. The van der Waals surface area contributed by atoms with E-state index in [4.69, 9.17) is 4.74 Å². The van der Waals surface area contributed by atoms with E-state index in [-0.39, 0.29) is 6.54 Å². The minimum Gasteiger partial charge on any atom is -0.454 e. The Labute approximate surface area is 173 Å². The molecular formula is C23H21FN2O4. The van der Waals surface area contributed by atoms with Crippen LogP contribution in [0.2, 0.25) is 0 Å². The molecule has 0 fully saturated rings. The lowest BCUT2D eigenvalue weighted by atomic mass is 10.1. The third kappa shape index (κ3) is 5.20. The highest BCUT2D eigenvalue weighted by Crippen LogP contribution is 2.16. The lowest BCUT2D eigenvalue weighted by Crippen LogP contribution is -2.36. The van der Waals surface area contributed by atoms with Crippen LogP contribution in [0, 0.1) is 5.82 Å². The summed E-state index contributed by atoms with van der Waals surface area (Å²) in [6.07, 6.45) is 0. The second-order valence-electron chi connectivity index (χ2n) is 6.52. The number of carbonyl (C=O) groups excluding carboxylic acids is 3. The maximum atomic E-state index is 13.1. The first kappa shape index (κ1) is 21.0. The Hall–Kier alpha value is -3.74. The molecule has 0 aliphatic heterocycles. The van der Waals surface area contributed by atoms with Gasteiger partial charge in [-0.05, 0) is 54.1 Å². The Morgan fingerprint density at radius 3 is 2.37 bits per heavy atom. The molecule has 0 saturated carbocycles. The van der Waals surface area contributed by atoms with Crippen molar-refractivity contribution in [1.29, 1.82) is 0 Å². The molecule has 0 radical (unpaired) electrons. The zero-order chi connectivity index (χ0) is 21.5. The van der Waals surface area contributed by atoms with Gasteiger partial charge in [0.15, 0.2) is 6.61 Å². The Morgan fingerprint density at radius 2 is 1.67 bits per heavy atom. The summed E-state index contributed by atoms with van der Waals surface area (Å²) in [6, 6.07) is 18.3. The minimum absolute atomic E-state index is 0.334. The largest absolute Gasteiger partial charge is 0.454 e. The van der Waals surface area contributed by atoms with Gasteiger partial charge in [0, 0.05) is 17.8 Å². The molecule has 1 N–H and O–H groups in total. The van der Waals surface area contributed by atoms with Gasteiger partial charge in [0.05, 0.1) is 0 Å². The van der Waals surface area contributed by atoms with E-state index in [9.17, 15) is 18.8 Å². The van der Waals surface area contributed by atoms with Crippen molar-refractivity contribution >= 4 is 34.2 Å². The Balaban J connectivity index is 1.50. The maximum Gasteiger partial charge on any atom is 0.325 e. The number of likely N-dealkylation sites (N-methyl/N-ethyl adjacent to an activating group) is 1. The fraction of sp³-hybridized carbons (Fsp3) is 0.174. The molecule has 6 nitrogen and oxygen atoms in total. The van der Waals surface area contributed by atoms with Crippen LogP contribution in [0.1, 0.15) is 17.3 Å². The predicted molar refractivity (Wildman–Crippen MR) is 112 cm³/mol. The van der Waals surface area contributed by atoms with Gasteiger partial charge in [-0.1, -0.05) is 30.3 Å². The number of amides is 2. The number of halogens is 1. The predicted octanol–water partition coefficient (Wildman–Crippen LogP) is 3.31. The Kier molecular flexibility index (Phi) is 6.75. The van der Waals surface area contributed by atoms with Gasteiger partial charge in [-0.3, -0.25) is 14.4 Å². The first-order valence-electron chi connectivity index (χ1n) is 9.46. The van der Waals surface area contributed by atoms with Crippen LogP contribution in [0.5, 0.6) is 0 Å². The number of nitrogens with one attached hydrogen (secondary N) is 1. The van der Waals surface area contributed by atoms with Crippen molar-refractivity contribution in [2.24, 2.45) is 0 Å². The molecule has 3 rings (SSSR count). The molecule has 154 valence electrons. The molecule has 3 aromatic carbocycles. The van der Waals surface area contributed by atoms with Gasteiger partial charge >= 0.3 is 5.97 Å². The topological polar surface area (TPSA) is 75.7 Å². The maximum absolute atomic E-state index is 13.1. The zero-order valence-electron chi connectivity index (χ0n) is 16.4. The highest BCUT2D eigenvalue weighted by molar-refractivity contribution is 6.00. The molecule has 30 heavy (non-hydrogen) atoms. The summed E-state index contributed by atoms with van der Waals surface area (Å²) < 4.78 is 18.0. The van der Waals surface area contributed by atoms with Crippen molar-refractivity contribution in [1.82, 2.24) is 5.32 Å². The number of ether oxygens (including phenoxy) is 1. The average Bonchev–Trinajstić information content (AvgIpc) is 2.77. The van der Waals surface area contributed by atoms with Crippen LogP contribution in [0.15, 0.2) is 66.7 Å². The standard InChI is InChI=1S/C23H21FN2O4/c1-2-26(20-11-9-19(24)10-12-20)21(27)15-30-22(28)14-25-23(29)18-8-7-16-5-3-4-6-17(16)13-18/h3-13H,2,14-15H2,1H3,(H,25,29). The van der Waals surface area contributed by atoms with E-state index in [2.05, 4.69) is 5.32 Å². The molecule has 0 spiro atoms. The third-order valence-corrected chi connectivity index (χ3v) is 4.52. The SMILES string of the molecule is CCN(C(=O)COC(=O)CNC(=O)c1ccc2ccccc2c1)c1ccc(F)cc1. The molecule has 7 heteroatoms. The van der Waals surface area contributed by atoms with Crippen molar-refractivity contribution in [3.8, 4) is 0 Å². The van der Waals surface area contributed by atoms with Crippen molar-refractivity contribution in [2.75, 3.05) is 24.6 Å². The molecule has 2 amide bonds. The van der Waals surface area contributed by atoms with Gasteiger partial charge in [-0.2, -0.15) is 0 Å². The number of hydrogen-bond acceptors (Lipinski definition) is 4. The number of hydrogen-bond donors (Lipinski definition) is 1. The second-order valence-corrected chi connectivity index (χ2v) is 6.52. The van der Waals surface area contributed by atoms with Crippen LogP contribution in [0.4, 0.5) is 10.1 Å². The van der Waals surface area contributed by atoms with Crippen LogP contribution in [0.3, 0.4) is 0 Å². The summed E-state index contributed by atoms with van der Waals surface area (Å²) >= 11 is 0. The fourth-order valence-corrected chi connectivity index (χ4v) is 2.98. The second kappa shape index (κ2) is 9.65. The number of rotatable bonds is 7. The van der Waals surface area contributed by atoms with Gasteiger partial charge in [0.1, 0.15) is 12.4 Å². The van der Waals surface area contributed by atoms with Crippen LogP contribution < -0.4 is 10.2 Å². The summed E-state index contributed by atoms with van der Waals surface area (Å²) in [5.74, 6) is -1.99. The van der Waals surface area contributed by atoms with E-state index in [0.717, 1.165) is 10.8 Å². The number of nitrogens with zero attached hydrogens (tertiary/aromatic N) is 1. The molecule has 0 aliphatic carbocycles. The summed E-state index contributed by atoms with van der Waals surface area (Å²) in [6.45, 7) is 1.26. The van der Waals surface area contributed by atoms with E-state index in [0.29, 0.717) is 17.8 Å². The van der Waals surface area contributed by atoms with Gasteiger partial charge in [-0.25, -0.2) is 4.39 Å². The quantitative estimate of drug-likeness (QED) is 0.609.